The molecule has 0 N–H and O–H groups in total. The van der Waals surface area contributed by atoms with Gasteiger partial charge in [-0.2, -0.15) is 0 Å². The van der Waals surface area contributed by atoms with Gasteiger partial charge in [0, 0.05) is 12.6 Å². The molecule has 4 nitrogen and oxygen atoms in total. The maximum Gasteiger partial charge on any atom is 0.219 e. The van der Waals surface area contributed by atoms with Gasteiger partial charge in [-0.05, 0) is 18.9 Å². The molecule has 1 rings (SSSR count). The molecule has 1 heterocycles. The quantitative estimate of drug-likeness (QED) is 0.527. The Morgan fingerprint density at radius 1 is 1.40 bits per heavy atom. The number of pyridine rings is 1. The molecule has 0 aliphatic carbocycles. The maximum absolute atomic E-state index is 10.2. The van der Waals surface area contributed by atoms with Crippen molar-refractivity contribution >= 4 is 6.29 Å². The Morgan fingerprint density at radius 2 is 2.20 bits per heavy atom. The summed E-state index contributed by atoms with van der Waals surface area (Å²) >= 11 is 0. The fourth-order valence-corrected chi connectivity index (χ4v) is 1.42. The number of ether oxygens (including phenoxy) is 2. The van der Waals surface area contributed by atoms with Crippen LogP contribution in [0.25, 0.3) is 0 Å². The van der Waals surface area contributed by atoms with E-state index in [4.69, 9.17) is 9.47 Å². The zero-order chi connectivity index (χ0) is 11.1. The Balaban J connectivity index is 2.84. The van der Waals surface area contributed by atoms with Crippen LogP contribution < -0.4 is 9.47 Å². The molecule has 0 radical (unpaired) electrons. The van der Waals surface area contributed by atoms with E-state index >= 15 is 0 Å². The van der Waals surface area contributed by atoms with E-state index in [-0.39, 0.29) is 0 Å². The van der Waals surface area contributed by atoms with Gasteiger partial charge in [-0.1, -0.05) is 0 Å². The van der Waals surface area contributed by atoms with Gasteiger partial charge in [-0.3, -0.25) is 0 Å². The van der Waals surface area contributed by atoms with Crippen LogP contribution in [0.2, 0.25) is 0 Å². The molecule has 0 saturated heterocycles. The molecule has 0 spiro atoms. The molecule has 4 heteroatoms. The van der Waals surface area contributed by atoms with Gasteiger partial charge in [0.15, 0.2) is 0 Å². The van der Waals surface area contributed by atoms with Crippen molar-refractivity contribution in [2.45, 2.75) is 19.3 Å². The van der Waals surface area contributed by atoms with Crippen LogP contribution in [0.15, 0.2) is 12.3 Å². The third-order valence-electron chi connectivity index (χ3n) is 2.14. The Morgan fingerprint density at radius 3 is 2.80 bits per heavy atom. The number of carbonyl (C=O) groups excluding carboxylic acids is 1. The summed E-state index contributed by atoms with van der Waals surface area (Å²) in [4.78, 5) is 14.3. The maximum atomic E-state index is 10.2. The summed E-state index contributed by atoms with van der Waals surface area (Å²) in [6, 6.07) is 1.79. The number of rotatable bonds is 6. The molecule has 0 saturated carbocycles. The molecule has 1 aromatic rings. The fourth-order valence-electron chi connectivity index (χ4n) is 1.42. The predicted octanol–water partition coefficient (Wildman–Crippen LogP) is 1.62. The highest BCUT2D eigenvalue weighted by Gasteiger charge is 2.10. The van der Waals surface area contributed by atoms with Gasteiger partial charge in [-0.25, -0.2) is 4.98 Å². The Hall–Kier alpha value is -1.58. The Bertz CT molecular complexity index is 303. The van der Waals surface area contributed by atoms with Crippen LogP contribution in [0.5, 0.6) is 11.6 Å². The van der Waals surface area contributed by atoms with E-state index in [9.17, 15) is 4.79 Å². The van der Waals surface area contributed by atoms with Gasteiger partial charge in [-0.15, -0.1) is 0 Å². The highest BCUT2D eigenvalue weighted by molar-refractivity contribution is 5.49. The summed E-state index contributed by atoms with van der Waals surface area (Å²) in [5, 5.41) is 0. The lowest BCUT2D eigenvalue weighted by Crippen LogP contribution is -1.99. The first kappa shape index (κ1) is 11.5. The highest BCUT2D eigenvalue weighted by Crippen LogP contribution is 2.27. The molecular formula is C11H15NO3. The molecule has 0 unspecified atom stereocenters. The van der Waals surface area contributed by atoms with Gasteiger partial charge in [0.1, 0.15) is 12.0 Å². The number of aromatic nitrogens is 1. The second-order valence-electron chi connectivity index (χ2n) is 3.06. The zero-order valence-corrected chi connectivity index (χ0v) is 9.03. The van der Waals surface area contributed by atoms with Crippen LogP contribution in [0.4, 0.5) is 0 Å². The Kier molecular flexibility index (Phi) is 4.60. The van der Waals surface area contributed by atoms with E-state index in [0.29, 0.717) is 12.3 Å². The minimum atomic E-state index is 0.543. The highest BCUT2D eigenvalue weighted by atomic mass is 16.5. The molecule has 0 amide bonds. The Labute approximate surface area is 89.2 Å². The average molecular weight is 209 g/mol. The predicted molar refractivity (Wildman–Crippen MR) is 56.3 cm³/mol. The van der Waals surface area contributed by atoms with Crippen molar-refractivity contribution in [3.8, 4) is 11.6 Å². The largest absolute Gasteiger partial charge is 0.496 e. The summed E-state index contributed by atoms with van der Waals surface area (Å²) in [6.07, 6.45) is 4.61. The van der Waals surface area contributed by atoms with E-state index in [1.807, 2.05) is 0 Å². The molecule has 0 aliphatic rings. The standard InChI is InChI=1S/C11H15NO3/c1-14-10-6-7-12-11(15-2)9(10)5-3-4-8-13/h6-8H,3-5H2,1-2H3. The number of carbonyl (C=O) groups is 1. The fraction of sp³-hybridized carbons (Fsp3) is 0.455. The molecule has 0 atom stereocenters. The van der Waals surface area contributed by atoms with Crippen molar-refractivity contribution in [3.05, 3.63) is 17.8 Å². The van der Waals surface area contributed by atoms with Crippen LogP contribution >= 0.6 is 0 Å². The number of aldehydes is 1. The SMILES string of the molecule is COc1ccnc(OC)c1CCCC=O. The second-order valence-corrected chi connectivity index (χ2v) is 3.06. The lowest BCUT2D eigenvalue weighted by Gasteiger charge is -2.10. The zero-order valence-electron chi connectivity index (χ0n) is 9.03. The molecule has 0 fully saturated rings. The van der Waals surface area contributed by atoms with Crippen molar-refractivity contribution < 1.29 is 14.3 Å². The summed E-state index contributed by atoms with van der Waals surface area (Å²) in [7, 11) is 3.18. The molecule has 1 aromatic heterocycles. The molecule has 15 heavy (non-hydrogen) atoms. The van der Waals surface area contributed by atoms with Crippen LogP contribution in [-0.2, 0) is 11.2 Å². The lowest BCUT2D eigenvalue weighted by atomic mass is 10.1. The first-order chi connectivity index (χ1) is 7.33. The number of nitrogens with zero attached hydrogens (tertiary/aromatic N) is 1. The normalized spacial score (nSPS) is 9.73. The number of hydrogen-bond acceptors (Lipinski definition) is 4. The van der Waals surface area contributed by atoms with Crippen molar-refractivity contribution in [1.29, 1.82) is 0 Å². The van der Waals surface area contributed by atoms with E-state index in [1.54, 1.807) is 26.5 Å². The van der Waals surface area contributed by atoms with E-state index in [1.165, 1.54) is 0 Å². The molecular weight excluding hydrogens is 194 g/mol. The van der Waals surface area contributed by atoms with Gasteiger partial charge in [0.2, 0.25) is 5.88 Å². The number of hydrogen-bond donors (Lipinski definition) is 0. The summed E-state index contributed by atoms with van der Waals surface area (Å²) in [5.74, 6) is 1.33. The first-order valence-corrected chi connectivity index (χ1v) is 4.83. The molecule has 82 valence electrons. The van der Waals surface area contributed by atoms with Gasteiger partial charge >= 0.3 is 0 Å². The minimum absolute atomic E-state index is 0.543. The van der Waals surface area contributed by atoms with Gasteiger partial charge < -0.3 is 14.3 Å². The summed E-state index contributed by atoms with van der Waals surface area (Å²) in [6.45, 7) is 0. The smallest absolute Gasteiger partial charge is 0.219 e. The summed E-state index contributed by atoms with van der Waals surface area (Å²) in [5.41, 5.74) is 0.921. The van der Waals surface area contributed by atoms with E-state index in [2.05, 4.69) is 4.98 Å². The van der Waals surface area contributed by atoms with Gasteiger partial charge in [0.05, 0.1) is 19.8 Å². The topological polar surface area (TPSA) is 48.4 Å². The monoisotopic (exact) mass is 209 g/mol. The summed E-state index contributed by atoms with van der Waals surface area (Å²) < 4.78 is 10.3. The van der Waals surface area contributed by atoms with Crippen LogP contribution in [0, 0.1) is 0 Å². The third kappa shape index (κ3) is 2.94. The molecule has 0 aromatic carbocycles. The number of unbranched alkanes of at least 4 members (excludes halogenated alkanes) is 1. The van der Waals surface area contributed by atoms with E-state index < -0.39 is 0 Å². The number of methoxy groups -OCH3 is 2. The van der Waals surface area contributed by atoms with Crippen LogP contribution in [0.1, 0.15) is 18.4 Å². The average Bonchev–Trinajstić information content (AvgIpc) is 2.29. The van der Waals surface area contributed by atoms with Crippen LogP contribution in [-0.4, -0.2) is 25.5 Å². The lowest BCUT2D eigenvalue weighted by molar-refractivity contribution is -0.107. The van der Waals surface area contributed by atoms with Crippen molar-refractivity contribution in [1.82, 2.24) is 4.98 Å². The van der Waals surface area contributed by atoms with Crippen molar-refractivity contribution in [3.63, 3.8) is 0 Å². The minimum Gasteiger partial charge on any atom is -0.496 e. The van der Waals surface area contributed by atoms with Crippen molar-refractivity contribution in [2.75, 3.05) is 14.2 Å². The van der Waals surface area contributed by atoms with Crippen molar-refractivity contribution in [2.24, 2.45) is 0 Å². The van der Waals surface area contributed by atoms with Crippen LogP contribution in [0.3, 0.4) is 0 Å². The third-order valence-corrected chi connectivity index (χ3v) is 2.14. The van der Waals surface area contributed by atoms with Gasteiger partial charge in [0.25, 0.3) is 0 Å². The molecule has 0 aliphatic heterocycles. The van der Waals surface area contributed by atoms with E-state index in [0.717, 1.165) is 30.4 Å². The first-order valence-electron chi connectivity index (χ1n) is 4.83. The molecule has 0 bridgehead atoms. The second kappa shape index (κ2) is 6.01.